The van der Waals surface area contributed by atoms with Crippen molar-refractivity contribution in [3.05, 3.63) is 42.5 Å². The van der Waals surface area contributed by atoms with Crippen LogP contribution in [0.15, 0.2) is 42.5 Å². The smallest absolute Gasteiger partial charge is 0.121 e. The van der Waals surface area contributed by atoms with Crippen LogP contribution in [-0.4, -0.2) is 15.3 Å². The first-order valence-corrected chi connectivity index (χ1v) is 4.97. The number of benzene rings is 2. The normalized spacial score (nSPS) is 9.88. The number of phenolic OH excluding ortho intramolecular Hbond substituents is 3. The number of aromatic hydroxyl groups is 3. The molecule has 0 aliphatic carbocycles. The first-order valence-electron chi connectivity index (χ1n) is 4.97. The summed E-state index contributed by atoms with van der Waals surface area (Å²) >= 11 is 0. The topological polar surface area (TPSA) is 84.8 Å². The lowest BCUT2D eigenvalue weighted by atomic mass is 10.3. The van der Waals surface area contributed by atoms with Crippen molar-refractivity contribution < 1.29 is 15.3 Å². The molecule has 0 bridgehead atoms. The highest BCUT2D eigenvalue weighted by Gasteiger charge is 1.98. The third-order valence-electron chi connectivity index (χ3n) is 2.12. The molecule has 2 aromatic rings. The van der Waals surface area contributed by atoms with Crippen LogP contribution in [0.3, 0.4) is 0 Å². The number of anilines is 2. The Morgan fingerprint density at radius 2 is 1.12 bits per heavy atom. The van der Waals surface area contributed by atoms with Crippen LogP contribution >= 0.6 is 0 Å². The van der Waals surface area contributed by atoms with E-state index >= 15 is 0 Å². The largest absolute Gasteiger partial charge is 0.508 e. The number of rotatable bonds is 3. The third-order valence-corrected chi connectivity index (χ3v) is 2.12. The summed E-state index contributed by atoms with van der Waals surface area (Å²) in [6.45, 7) is 0. The Hall–Kier alpha value is -2.56. The van der Waals surface area contributed by atoms with Gasteiger partial charge in [0.1, 0.15) is 17.2 Å². The molecule has 0 heterocycles. The van der Waals surface area contributed by atoms with Crippen molar-refractivity contribution in [1.29, 1.82) is 0 Å². The van der Waals surface area contributed by atoms with Gasteiger partial charge >= 0.3 is 0 Å². The van der Waals surface area contributed by atoms with Gasteiger partial charge in [0, 0.05) is 18.2 Å². The second-order valence-corrected chi connectivity index (χ2v) is 3.53. The van der Waals surface area contributed by atoms with Crippen molar-refractivity contribution in [2.24, 2.45) is 0 Å². The SMILES string of the molecule is Oc1ccc(NNc2cc(O)cc(O)c2)cc1. The monoisotopic (exact) mass is 232 g/mol. The Kier molecular flexibility index (Phi) is 2.91. The molecule has 0 aliphatic rings. The Labute approximate surface area is 97.9 Å². The Bertz CT molecular complexity index is 491. The molecule has 0 unspecified atom stereocenters. The molecule has 5 heteroatoms. The van der Waals surface area contributed by atoms with E-state index in [4.69, 9.17) is 5.11 Å². The number of nitrogens with one attached hydrogen (secondary N) is 2. The predicted octanol–water partition coefficient (Wildman–Crippen LogP) is 2.24. The van der Waals surface area contributed by atoms with Crippen LogP contribution in [0.1, 0.15) is 0 Å². The van der Waals surface area contributed by atoms with Crippen LogP contribution in [-0.2, 0) is 0 Å². The van der Waals surface area contributed by atoms with Crippen LogP contribution < -0.4 is 10.9 Å². The van der Waals surface area contributed by atoms with Crippen molar-refractivity contribution in [2.75, 3.05) is 10.9 Å². The molecule has 5 nitrogen and oxygen atoms in total. The van der Waals surface area contributed by atoms with Gasteiger partial charge in [-0.25, -0.2) is 0 Å². The van der Waals surface area contributed by atoms with Crippen LogP contribution in [0.4, 0.5) is 11.4 Å². The summed E-state index contributed by atoms with van der Waals surface area (Å²) in [5.41, 5.74) is 6.93. The van der Waals surface area contributed by atoms with E-state index in [0.29, 0.717) is 5.69 Å². The lowest BCUT2D eigenvalue weighted by molar-refractivity contribution is 0.451. The molecule has 88 valence electrons. The molecule has 2 rings (SSSR count). The molecular weight excluding hydrogens is 220 g/mol. The quantitative estimate of drug-likeness (QED) is 0.414. The molecule has 2 aromatic carbocycles. The lowest BCUT2D eigenvalue weighted by Crippen LogP contribution is -2.07. The summed E-state index contributed by atoms with van der Waals surface area (Å²) in [7, 11) is 0. The molecular formula is C12H12N2O3. The van der Waals surface area contributed by atoms with Crippen LogP contribution in [0.5, 0.6) is 17.2 Å². The lowest BCUT2D eigenvalue weighted by Gasteiger charge is -2.10. The minimum Gasteiger partial charge on any atom is -0.508 e. The van der Waals surface area contributed by atoms with Crippen molar-refractivity contribution in [2.45, 2.75) is 0 Å². The summed E-state index contributed by atoms with van der Waals surface area (Å²) in [4.78, 5) is 0. The van der Waals surface area contributed by atoms with Crippen LogP contribution in [0.2, 0.25) is 0 Å². The van der Waals surface area contributed by atoms with Gasteiger partial charge in [0.2, 0.25) is 0 Å². The van der Waals surface area contributed by atoms with Gasteiger partial charge < -0.3 is 26.2 Å². The van der Waals surface area contributed by atoms with Crippen LogP contribution in [0, 0.1) is 0 Å². The van der Waals surface area contributed by atoms with E-state index in [-0.39, 0.29) is 17.2 Å². The van der Waals surface area contributed by atoms with Crippen molar-refractivity contribution >= 4 is 11.4 Å². The second kappa shape index (κ2) is 4.52. The summed E-state index contributed by atoms with van der Waals surface area (Å²) in [6.07, 6.45) is 0. The zero-order valence-electron chi connectivity index (χ0n) is 8.88. The predicted molar refractivity (Wildman–Crippen MR) is 65.1 cm³/mol. The van der Waals surface area contributed by atoms with Gasteiger partial charge in [0.25, 0.3) is 0 Å². The van der Waals surface area contributed by atoms with E-state index in [2.05, 4.69) is 10.9 Å². The molecule has 0 saturated heterocycles. The number of phenols is 3. The van der Waals surface area contributed by atoms with E-state index < -0.39 is 0 Å². The van der Waals surface area contributed by atoms with Gasteiger partial charge in [-0.3, -0.25) is 0 Å². The van der Waals surface area contributed by atoms with Gasteiger partial charge in [-0.05, 0) is 24.3 Å². The minimum absolute atomic E-state index is 0.0278. The molecule has 5 N–H and O–H groups in total. The Morgan fingerprint density at radius 1 is 0.588 bits per heavy atom. The molecule has 0 saturated carbocycles. The number of hydrogen-bond acceptors (Lipinski definition) is 5. The van der Waals surface area contributed by atoms with Gasteiger partial charge in [0.05, 0.1) is 11.4 Å². The number of hydrogen-bond donors (Lipinski definition) is 5. The summed E-state index contributed by atoms with van der Waals surface area (Å²) in [5.74, 6) is 0.130. The highest BCUT2D eigenvalue weighted by atomic mass is 16.3. The average Bonchev–Trinajstić information content (AvgIpc) is 2.27. The molecule has 0 atom stereocenters. The summed E-state index contributed by atoms with van der Waals surface area (Å²) < 4.78 is 0. The van der Waals surface area contributed by atoms with E-state index in [0.717, 1.165) is 5.69 Å². The van der Waals surface area contributed by atoms with E-state index in [1.807, 2.05) is 0 Å². The number of hydrazine groups is 1. The van der Waals surface area contributed by atoms with Crippen molar-refractivity contribution in [3.8, 4) is 17.2 Å². The maximum atomic E-state index is 9.27. The highest BCUT2D eigenvalue weighted by Crippen LogP contribution is 2.24. The molecule has 0 amide bonds. The minimum atomic E-state index is -0.0278. The highest BCUT2D eigenvalue weighted by molar-refractivity contribution is 5.57. The van der Waals surface area contributed by atoms with E-state index in [1.165, 1.54) is 18.2 Å². The summed E-state index contributed by atoms with van der Waals surface area (Å²) in [5, 5.41) is 27.6. The maximum absolute atomic E-state index is 9.27. The Morgan fingerprint density at radius 3 is 1.71 bits per heavy atom. The fourth-order valence-electron chi connectivity index (χ4n) is 1.36. The first-order chi connectivity index (χ1) is 8.13. The maximum Gasteiger partial charge on any atom is 0.121 e. The second-order valence-electron chi connectivity index (χ2n) is 3.53. The molecule has 0 aliphatic heterocycles. The zero-order valence-corrected chi connectivity index (χ0v) is 8.88. The molecule has 0 aromatic heterocycles. The average molecular weight is 232 g/mol. The molecule has 17 heavy (non-hydrogen) atoms. The first kappa shape index (κ1) is 10.9. The van der Waals surface area contributed by atoms with E-state index in [9.17, 15) is 10.2 Å². The molecule has 0 radical (unpaired) electrons. The zero-order chi connectivity index (χ0) is 12.3. The van der Waals surface area contributed by atoms with Gasteiger partial charge in [0.15, 0.2) is 0 Å². The van der Waals surface area contributed by atoms with Crippen molar-refractivity contribution in [3.63, 3.8) is 0 Å². The van der Waals surface area contributed by atoms with Gasteiger partial charge in [-0.1, -0.05) is 0 Å². The molecule has 0 fully saturated rings. The fraction of sp³-hybridized carbons (Fsp3) is 0. The third kappa shape index (κ3) is 2.94. The van der Waals surface area contributed by atoms with Crippen LogP contribution in [0.25, 0.3) is 0 Å². The van der Waals surface area contributed by atoms with Gasteiger partial charge in [-0.2, -0.15) is 0 Å². The molecule has 0 spiro atoms. The van der Waals surface area contributed by atoms with E-state index in [1.54, 1.807) is 24.3 Å². The van der Waals surface area contributed by atoms with Crippen molar-refractivity contribution in [1.82, 2.24) is 0 Å². The standard InChI is InChI=1S/C12H12N2O3/c15-10-3-1-8(2-4-10)13-14-9-5-11(16)7-12(17)6-9/h1-7,13-17H. The Balaban J connectivity index is 2.04. The van der Waals surface area contributed by atoms with Gasteiger partial charge in [-0.15, -0.1) is 0 Å². The fourth-order valence-corrected chi connectivity index (χ4v) is 1.36. The summed E-state index contributed by atoms with van der Waals surface area (Å²) in [6, 6.07) is 10.6.